The zero-order chi connectivity index (χ0) is 8.81. The molecule has 1 saturated carbocycles. The van der Waals surface area contributed by atoms with Crippen LogP contribution in [0.4, 0.5) is 0 Å². The highest BCUT2D eigenvalue weighted by Gasteiger charge is 2.16. The van der Waals surface area contributed by atoms with E-state index in [-0.39, 0.29) is 6.10 Å². The van der Waals surface area contributed by atoms with Gasteiger partial charge in [0.25, 0.3) is 0 Å². The summed E-state index contributed by atoms with van der Waals surface area (Å²) in [6.45, 7) is 0. The molecule has 0 spiro atoms. The second-order valence-corrected chi connectivity index (χ2v) is 3.76. The molecule has 0 unspecified atom stereocenters. The third-order valence-electron chi connectivity index (χ3n) is 2.66. The first-order valence-electron chi connectivity index (χ1n) is 4.88. The normalized spacial score (nSPS) is 21.7. The van der Waals surface area contributed by atoms with Crippen LogP contribution in [0.15, 0.2) is 0 Å². The van der Waals surface area contributed by atoms with Gasteiger partial charge in [0, 0.05) is 0 Å². The molecular weight excluding hydrogens is 150 g/mol. The number of hydrogen-bond acceptors (Lipinski definition) is 2. The highest BCUT2D eigenvalue weighted by Crippen LogP contribution is 2.27. The largest absolute Gasteiger partial charge is 0.392 e. The summed E-state index contributed by atoms with van der Waals surface area (Å²) in [5.74, 6) is 0.682. The van der Waals surface area contributed by atoms with E-state index in [1.807, 2.05) is 6.07 Å². The molecule has 68 valence electrons. The van der Waals surface area contributed by atoms with E-state index < -0.39 is 0 Å². The highest BCUT2D eigenvalue weighted by molar-refractivity contribution is 4.78. The topological polar surface area (TPSA) is 44.0 Å². The Morgan fingerprint density at radius 2 is 2.00 bits per heavy atom. The molecule has 1 fully saturated rings. The minimum atomic E-state index is -0.377. The molecule has 1 N–H and O–H groups in total. The van der Waals surface area contributed by atoms with Crippen LogP contribution < -0.4 is 0 Å². The summed E-state index contributed by atoms with van der Waals surface area (Å²) in [4.78, 5) is 0. The summed E-state index contributed by atoms with van der Waals surface area (Å²) in [5, 5.41) is 17.7. The summed E-state index contributed by atoms with van der Waals surface area (Å²) in [5.41, 5.74) is 0. The van der Waals surface area contributed by atoms with E-state index in [4.69, 9.17) is 5.26 Å². The minimum Gasteiger partial charge on any atom is -0.392 e. The lowest BCUT2D eigenvalue weighted by Gasteiger charge is -2.22. The van der Waals surface area contributed by atoms with Crippen molar-refractivity contribution in [2.75, 3.05) is 0 Å². The molecule has 1 aliphatic carbocycles. The van der Waals surface area contributed by atoms with Crippen molar-refractivity contribution in [3.63, 3.8) is 0 Å². The molecule has 0 bridgehead atoms. The standard InChI is InChI=1S/C10H17NO/c11-7-6-10(12)8-9-4-2-1-3-5-9/h9-10,12H,1-6,8H2/t10-/m0/s1. The highest BCUT2D eigenvalue weighted by atomic mass is 16.3. The zero-order valence-corrected chi connectivity index (χ0v) is 7.50. The smallest absolute Gasteiger partial charge is 0.0672 e. The maximum absolute atomic E-state index is 9.38. The van der Waals surface area contributed by atoms with Crippen molar-refractivity contribution in [1.29, 1.82) is 5.26 Å². The summed E-state index contributed by atoms with van der Waals surface area (Å²) in [7, 11) is 0. The summed E-state index contributed by atoms with van der Waals surface area (Å²) < 4.78 is 0. The number of rotatable bonds is 3. The van der Waals surface area contributed by atoms with Gasteiger partial charge in [-0.2, -0.15) is 5.26 Å². The Bertz CT molecular complexity index is 156. The number of hydrogen-bond donors (Lipinski definition) is 1. The van der Waals surface area contributed by atoms with Gasteiger partial charge in [0.15, 0.2) is 0 Å². The first kappa shape index (κ1) is 9.54. The molecule has 2 nitrogen and oxygen atoms in total. The van der Waals surface area contributed by atoms with Crippen molar-refractivity contribution >= 4 is 0 Å². The molecule has 1 aliphatic rings. The van der Waals surface area contributed by atoms with Crippen molar-refractivity contribution < 1.29 is 5.11 Å². The number of nitrogens with zero attached hydrogens (tertiary/aromatic N) is 1. The van der Waals surface area contributed by atoms with E-state index in [1.165, 1.54) is 32.1 Å². The maximum Gasteiger partial charge on any atom is 0.0672 e. The average molecular weight is 167 g/mol. The summed E-state index contributed by atoms with van der Waals surface area (Å²) in [6, 6.07) is 2.01. The molecule has 0 amide bonds. The van der Waals surface area contributed by atoms with Crippen LogP contribution >= 0.6 is 0 Å². The molecule has 2 heteroatoms. The van der Waals surface area contributed by atoms with E-state index in [0.717, 1.165) is 6.42 Å². The lowest BCUT2D eigenvalue weighted by molar-refractivity contribution is 0.134. The first-order valence-corrected chi connectivity index (χ1v) is 4.88. The van der Waals surface area contributed by atoms with Crippen LogP contribution in [0.1, 0.15) is 44.9 Å². The van der Waals surface area contributed by atoms with Crippen molar-refractivity contribution in [3.05, 3.63) is 0 Å². The van der Waals surface area contributed by atoms with Crippen molar-refractivity contribution in [3.8, 4) is 6.07 Å². The van der Waals surface area contributed by atoms with E-state index in [0.29, 0.717) is 12.3 Å². The van der Waals surface area contributed by atoms with E-state index in [1.54, 1.807) is 0 Å². The van der Waals surface area contributed by atoms with Crippen LogP contribution in [-0.2, 0) is 0 Å². The Kier molecular flexibility index (Phi) is 4.10. The Morgan fingerprint density at radius 1 is 1.33 bits per heavy atom. The molecule has 0 aromatic rings. The molecule has 0 heterocycles. The van der Waals surface area contributed by atoms with Gasteiger partial charge in [-0.15, -0.1) is 0 Å². The van der Waals surface area contributed by atoms with Gasteiger partial charge in [-0.05, 0) is 12.3 Å². The van der Waals surface area contributed by atoms with Gasteiger partial charge in [-0.25, -0.2) is 0 Å². The van der Waals surface area contributed by atoms with Crippen molar-refractivity contribution in [1.82, 2.24) is 0 Å². The molecule has 12 heavy (non-hydrogen) atoms. The monoisotopic (exact) mass is 167 g/mol. The second-order valence-electron chi connectivity index (χ2n) is 3.76. The Labute approximate surface area is 74.2 Å². The van der Waals surface area contributed by atoms with Gasteiger partial charge < -0.3 is 5.11 Å². The van der Waals surface area contributed by atoms with E-state index in [2.05, 4.69) is 0 Å². The Morgan fingerprint density at radius 3 is 2.58 bits per heavy atom. The third-order valence-corrected chi connectivity index (χ3v) is 2.66. The maximum atomic E-state index is 9.38. The molecule has 0 aromatic heterocycles. The quantitative estimate of drug-likeness (QED) is 0.700. The van der Waals surface area contributed by atoms with Crippen LogP contribution in [0.25, 0.3) is 0 Å². The van der Waals surface area contributed by atoms with E-state index >= 15 is 0 Å². The summed E-state index contributed by atoms with van der Waals surface area (Å²) in [6.07, 6.45) is 7.24. The van der Waals surface area contributed by atoms with Crippen LogP contribution in [0.3, 0.4) is 0 Å². The van der Waals surface area contributed by atoms with Crippen LogP contribution in [0.5, 0.6) is 0 Å². The molecule has 0 aliphatic heterocycles. The summed E-state index contributed by atoms with van der Waals surface area (Å²) >= 11 is 0. The molecule has 0 saturated heterocycles. The molecule has 0 radical (unpaired) electrons. The fraction of sp³-hybridized carbons (Fsp3) is 0.900. The van der Waals surface area contributed by atoms with Gasteiger partial charge in [0.2, 0.25) is 0 Å². The molecule has 0 aromatic carbocycles. The van der Waals surface area contributed by atoms with E-state index in [9.17, 15) is 5.11 Å². The zero-order valence-electron chi connectivity index (χ0n) is 7.50. The van der Waals surface area contributed by atoms with Gasteiger partial charge in [0.05, 0.1) is 18.6 Å². The fourth-order valence-electron chi connectivity index (χ4n) is 2.00. The minimum absolute atomic E-state index is 0.302. The van der Waals surface area contributed by atoms with Crippen molar-refractivity contribution in [2.24, 2.45) is 5.92 Å². The molecule has 1 rings (SSSR count). The SMILES string of the molecule is N#CC[C@H](O)CC1CCCCC1. The van der Waals surface area contributed by atoms with Gasteiger partial charge in [-0.3, -0.25) is 0 Å². The fourth-order valence-corrected chi connectivity index (χ4v) is 2.00. The van der Waals surface area contributed by atoms with Crippen LogP contribution in [0, 0.1) is 17.2 Å². The van der Waals surface area contributed by atoms with Gasteiger partial charge in [-0.1, -0.05) is 32.1 Å². The number of nitriles is 1. The Hall–Kier alpha value is -0.550. The van der Waals surface area contributed by atoms with Gasteiger partial charge >= 0.3 is 0 Å². The van der Waals surface area contributed by atoms with Crippen LogP contribution in [0.2, 0.25) is 0 Å². The lowest BCUT2D eigenvalue weighted by atomic mass is 9.85. The first-order chi connectivity index (χ1) is 5.83. The van der Waals surface area contributed by atoms with Gasteiger partial charge in [0.1, 0.15) is 0 Å². The van der Waals surface area contributed by atoms with Crippen LogP contribution in [-0.4, -0.2) is 11.2 Å². The second kappa shape index (κ2) is 5.16. The van der Waals surface area contributed by atoms with Crippen molar-refractivity contribution in [2.45, 2.75) is 51.0 Å². The molecular formula is C10H17NO. The predicted octanol–water partition coefficient (Wildman–Crippen LogP) is 2.23. The number of aliphatic hydroxyl groups excluding tert-OH is 1. The third kappa shape index (κ3) is 3.23. The predicted molar refractivity (Wildman–Crippen MR) is 47.4 cm³/mol. The average Bonchev–Trinajstić information content (AvgIpc) is 2.06. The number of aliphatic hydroxyl groups is 1. The lowest BCUT2D eigenvalue weighted by Crippen LogP contribution is -2.15. The molecule has 1 atom stereocenters. The Balaban J connectivity index is 2.16.